The molecule has 0 bridgehead atoms. The molecule has 0 aliphatic heterocycles. The van der Waals surface area contributed by atoms with Crippen LogP contribution in [0.3, 0.4) is 0 Å². The number of amides is 3. The Hall–Kier alpha value is -1.91. The summed E-state index contributed by atoms with van der Waals surface area (Å²) in [5.74, 6) is -0.599. The van der Waals surface area contributed by atoms with Crippen molar-refractivity contribution in [2.45, 2.75) is 77.7 Å². The molecule has 0 aromatic rings. The number of hydrogen-bond donors (Lipinski definition) is 5. The summed E-state index contributed by atoms with van der Waals surface area (Å²) in [4.78, 5) is 36.0. The van der Waals surface area contributed by atoms with Crippen molar-refractivity contribution in [1.29, 1.82) is 0 Å². The third-order valence-electron chi connectivity index (χ3n) is 3.19. The van der Waals surface area contributed by atoms with Crippen molar-refractivity contribution in [3.63, 3.8) is 0 Å². The molecule has 28 heavy (non-hydrogen) atoms. The summed E-state index contributed by atoms with van der Waals surface area (Å²) in [5, 5.41) is 17.2. The number of nitrogens with one attached hydrogen (secondary N) is 3. The maximum Gasteiger partial charge on any atom is 0.414 e. The van der Waals surface area contributed by atoms with E-state index in [2.05, 4.69) is 16.0 Å². The smallest absolute Gasteiger partial charge is 0.414 e. The standard InChI is InChI=1S/C18H36N4O6/c1-17(2,3)27-15(25)20-10-12(11-23)21-13(8-7-9-19)14(24)22-16(26)28-18(4,5)6/h12-13,21,23H,7-11,19H2,1-6H3,(H,20,25)(H,22,24,26)/t12-,13-/m0/s1. The van der Waals surface area contributed by atoms with E-state index in [1.807, 2.05) is 0 Å². The largest absolute Gasteiger partial charge is 0.444 e. The minimum atomic E-state index is -0.857. The molecule has 3 amide bonds. The van der Waals surface area contributed by atoms with Gasteiger partial charge in [0, 0.05) is 12.6 Å². The van der Waals surface area contributed by atoms with E-state index < -0.39 is 41.4 Å². The molecular weight excluding hydrogens is 368 g/mol. The fourth-order valence-corrected chi connectivity index (χ4v) is 2.08. The maximum atomic E-state index is 12.4. The topological polar surface area (TPSA) is 152 Å². The number of aliphatic hydroxyl groups excluding tert-OH is 1. The van der Waals surface area contributed by atoms with Gasteiger partial charge in [-0.3, -0.25) is 15.4 Å². The minimum absolute atomic E-state index is 0.0320. The van der Waals surface area contributed by atoms with Crippen molar-refractivity contribution >= 4 is 18.1 Å². The van der Waals surface area contributed by atoms with E-state index in [0.717, 1.165) is 0 Å². The van der Waals surface area contributed by atoms with Gasteiger partial charge in [-0.2, -0.15) is 0 Å². The van der Waals surface area contributed by atoms with E-state index in [1.165, 1.54) is 0 Å². The fraction of sp³-hybridized carbons (Fsp3) is 0.833. The molecular formula is C18H36N4O6. The zero-order valence-corrected chi connectivity index (χ0v) is 17.8. The number of imide groups is 1. The third kappa shape index (κ3) is 13.3. The number of carbonyl (C=O) groups excluding carboxylic acids is 3. The molecule has 0 spiro atoms. The Kier molecular flexibility index (Phi) is 11.0. The highest BCUT2D eigenvalue weighted by Gasteiger charge is 2.26. The van der Waals surface area contributed by atoms with E-state index in [9.17, 15) is 19.5 Å². The van der Waals surface area contributed by atoms with Crippen LogP contribution in [0, 0.1) is 0 Å². The number of rotatable bonds is 9. The lowest BCUT2D eigenvalue weighted by molar-refractivity contribution is -0.123. The quantitative estimate of drug-likeness (QED) is 0.375. The van der Waals surface area contributed by atoms with Crippen LogP contribution in [-0.2, 0) is 14.3 Å². The van der Waals surface area contributed by atoms with E-state index in [1.54, 1.807) is 41.5 Å². The molecule has 10 heteroatoms. The van der Waals surface area contributed by atoms with Crippen molar-refractivity contribution in [2.24, 2.45) is 5.73 Å². The molecule has 0 unspecified atom stereocenters. The van der Waals surface area contributed by atoms with Crippen LogP contribution < -0.4 is 21.7 Å². The second-order valence-corrected chi connectivity index (χ2v) is 8.40. The summed E-state index contributed by atoms with van der Waals surface area (Å²) < 4.78 is 10.2. The molecule has 164 valence electrons. The van der Waals surface area contributed by atoms with E-state index in [-0.39, 0.29) is 13.2 Å². The molecule has 10 nitrogen and oxygen atoms in total. The lowest BCUT2D eigenvalue weighted by Crippen LogP contribution is -2.54. The van der Waals surface area contributed by atoms with Gasteiger partial charge >= 0.3 is 12.2 Å². The number of hydrogen-bond acceptors (Lipinski definition) is 8. The van der Waals surface area contributed by atoms with Gasteiger partial charge in [0.25, 0.3) is 0 Å². The van der Waals surface area contributed by atoms with Crippen molar-refractivity contribution in [1.82, 2.24) is 16.0 Å². The molecule has 0 saturated carbocycles. The first kappa shape index (κ1) is 26.1. The van der Waals surface area contributed by atoms with Gasteiger partial charge < -0.3 is 25.6 Å². The molecule has 0 rings (SSSR count). The van der Waals surface area contributed by atoms with E-state index in [0.29, 0.717) is 19.4 Å². The average molecular weight is 405 g/mol. The van der Waals surface area contributed by atoms with Crippen LogP contribution in [0.5, 0.6) is 0 Å². The summed E-state index contributed by atoms with van der Waals surface area (Å²) in [6.07, 6.45) is -0.626. The molecule has 0 aromatic heterocycles. The van der Waals surface area contributed by atoms with Crippen LogP contribution in [0.25, 0.3) is 0 Å². The number of alkyl carbamates (subject to hydrolysis) is 2. The van der Waals surface area contributed by atoms with Gasteiger partial charge in [-0.05, 0) is 60.9 Å². The van der Waals surface area contributed by atoms with Gasteiger partial charge in [0.2, 0.25) is 5.91 Å². The summed E-state index contributed by atoms with van der Waals surface area (Å²) in [6, 6.07) is -1.42. The Labute approximate surface area is 166 Å². The molecule has 0 fully saturated rings. The Morgan fingerprint density at radius 2 is 1.54 bits per heavy atom. The first-order valence-corrected chi connectivity index (χ1v) is 9.35. The zero-order valence-electron chi connectivity index (χ0n) is 17.8. The van der Waals surface area contributed by atoms with Crippen molar-refractivity contribution in [3.8, 4) is 0 Å². The molecule has 0 heterocycles. The highest BCUT2D eigenvalue weighted by atomic mass is 16.6. The number of ether oxygens (including phenoxy) is 2. The monoisotopic (exact) mass is 404 g/mol. The number of aliphatic hydroxyl groups is 1. The lowest BCUT2D eigenvalue weighted by atomic mass is 10.1. The van der Waals surface area contributed by atoms with Gasteiger partial charge in [-0.1, -0.05) is 0 Å². The van der Waals surface area contributed by atoms with Crippen molar-refractivity contribution in [2.75, 3.05) is 19.7 Å². The Morgan fingerprint density at radius 1 is 1.00 bits per heavy atom. The Bertz CT molecular complexity index is 513. The average Bonchev–Trinajstić information content (AvgIpc) is 2.50. The van der Waals surface area contributed by atoms with Crippen LogP contribution >= 0.6 is 0 Å². The Morgan fingerprint density at radius 3 is 2.00 bits per heavy atom. The predicted octanol–water partition coefficient (Wildman–Crippen LogP) is 0.620. The van der Waals surface area contributed by atoms with Crippen LogP contribution in [0.2, 0.25) is 0 Å². The van der Waals surface area contributed by atoms with Gasteiger partial charge in [0.1, 0.15) is 11.2 Å². The summed E-state index contributed by atoms with van der Waals surface area (Å²) in [5.41, 5.74) is 4.12. The molecule has 6 N–H and O–H groups in total. The molecule has 0 radical (unpaired) electrons. The number of nitrogens with two attached hydrogens (primary N) is 1. The lowest BCUT2D eigenvalue weighted by Gasteiger charge is -2.26. The second-order valence-electron chi connectivity index (χ2n) is 8.40. The molecule has 2 atom stereocenters. The van der Waals surface area contributed by atoms with Crippen LogP contribution in [0.4, 0.5) is 9.59 Å². The van der Waals surface area contributed by atoms with E-state index >= 15 is 0 Å². The fourth-order valence-electron chi connectivity index (χ4n) is 2.08. The summed E-state index contributed by atoms with van der Waals surface area (Å²) >= 11 is 0. The van der Waals surface area contributed by atoms with Gasteiger partial charge in [-0.15, -0.1) is 0 Å². The first-order valence-electron chi connectivity index (χ1n) is 9.35. The molecule has 0 aromatic carbocycles. The zero-order chi connectivity index (χ0) is 22.0. The van der Waals surface area contributed by atoms with Gasteiger partial charge in [0.15, 0.2) is 0 Å². The second kappa shape index (κ2) is 11.8. The van der Waals surface area contributed by atoms with Crippen molar-refractivity contribution < 1.29 is 29.0 Å². The van der Waals surface area contributed by atoms with Crippen LogP contribution in [0.1, 0.15) is 54.4 Å². The van der Waals surface area contributed by atoms with E-state index in [4.69, 9.17) is 15.2 Å². The number of carbonyl (C=O) groups is 3. The summed E-state index contributed by atoms with van der Waals surface area (Å²) in [7, 11) is 0. The molecule has 0 aliphatic carbocycles. The first-order chi connectivity index (χ1) is 12.8. The minimum Gasteiger partial charge on any atom is -0.444 e. The normalized spacial score (nSPS) is 14.0. The SMILES string of the molecule is CC(C)(C)OC(=O)NC[C@@H](CO)N[C@@H](CCCN)C(=O)NC(=O)OC(C)(C)C. The van der Waals surface area contributed by atoms with Gasteiger partial charge in [-0.25, -0.2) is 9.59 Å². The highest BCUT2D eigenvalue weighted by molar-refractivity contribution is 5.95. The third-order valence-corrected chi connectivity index (χ3v) is 3.19. The van der Waals surface area contributed by atoms with Gasteiger partial charge in [0.05, 0.1) is 12.6 Å². The highest BCUT2D eigenvalue weighted by Crippen LogP contribution is 2.08. The molecule has 0 saturated heterocycles. The Balaban J connectivity index is 4.81. The molecule has 0 aliphatic rings. The maximum absolute atomic E-state index is 12.4. The van der Waals surface area contributed by atoms with Crippen molar-refractivity contribution in [3.05, 3.63) is 0 Å². The summed E-state index contributed by atoms with van der Waals surface area (Å²) in [6.45, 7) is 10.3. The van der Waals surface area contributed by atoms with Crippen LogP contribution in [0.15, 0.2) is 0 Å². The predicted molar refractivity (Wildman–Crippen MR) is 105 cm³/mol. The van der Waals surface area contributed by atoms with Crippen LogP contribution in [-0.4, -0.2) is 66.2 Å².